The predicted octanol–water partition coefficient (Wildman–Crippen LogP) is 5.51. The third kappa shape index (κ3) is 6.41. The number of fused-ring (bicyclic) bond motifs is 1. The molecule has 1 aromatic heterocycles. The average Bonchev–Trinajstić information content (AvgIpc) is 3.35. The summed E-state index contributed by atoms with van der Waals surface area (Å²) in [6, 6.07) is 17.5. The number of hydrogen-bond acceptors (Lipinski definition) is 9. The summed E-state index contributed by atoms with van der Waals surface area (Å²) in [5.41, 5.74) is 2.43. The van der Waals surface area contributed by atoms with E-state index in [0.717, 1.165) is 11.1 Å². The molecular weight excluding hydrogens is 660 g/mol. The fourth-order valence-corrected chi connectivity index (χ4v) is 6.66. The number of methoxy groups -OCH3 is 3. The molecule has 0 amide bonds. The van der Waals surface area contributed by atoms with E-state index in [0.29, 0.717) is 48.1 Å². The Kier molecular flexibility index (Phi) is 9.79. The van der Waals surface area contributed by atoms with Crippen LogP contribution in [0, 0.1) is 0 Å². The van der Waals surface area contributed by atoms with Crippen molar-refractivity contribution in [1.82, 2.24) is 4.57 Å². The summed E-state index contributed by atoms with van der Waals surface area (Å²) in [7, 11) is 4.65. The van der Waals surface area contributed by atoms with E-state index in [1.807, 2.05) is 62.4 Å². The standard InChI is InChI=1S/C34H33BrN2O7S/c1-7-43-33(39)28-29(21-11-9-8-10-12-21)36-34-37(30(28)22-13-14-24(40-4)25(18-22)41-5)32(38)27(45-34)17-20-15-23(35)31(44-19(2)3)26(16-20)42-6/h8-19,30H,7H2,1-6H3/b27-17-/t30-/m0/s1. The van der Waals surface area contributed by atoms with E-state index in [1.165, 1.54) is 18.4 Å². The molecule has 0 radical (unpaired) electrons. The highest BCUT2D eigenvalue weighted by Gasteiger charge is 2.35. The number of ether oxygens (including phenoxy) is 5. The molecule has 11 heteroatoms. The Balaban J connectivity index is 1.80. The first-order valence-electron chi connectivity index (χ1n) is 14.2. The maximum Gasteiger partial charge on any atom is 0.338 e. The van der Waals surface area contributed by atoms with Crippen molar-refractivity contribution >= 4 is 45.0 Å². The van der Waals surface area contributed by atoms with Crippen molar-refractivity contribution < 1.29 is 28.5 Å². The minimum absolute atomic E-state index is 0.0614. The molecule has 0 aliphatic carbocycles. The molecule has 0 saturated heterocycles. The summed E-state index contributed by atoms with van der Waals surface area (Å²) in [5.74, 6) is 1.51. The van der Waals surface area contributed by atoms with Crippen molar-refractivity contribution in [2.75, 3.05) is 27.9 Å². The number of aromatic nitrogens is 1. The fraction of sp³-hybridized carbons (Fsp3) is 0.265. The highest BCUT2D eigenvalue weighted by atomic mass is 79.9. The lowest BCUT2D eigenvalue weighted by Gasteiger charge is -2.26. The molecule has 5 rings (SSSR count). The number of rotatable bonds is 10. The summed E-state index contributed by atoms with van der Waals surface area (Å²) in [5, 5.41) is 0. The Bertz CT molecular complexity index is 1950. The Labute approximate surface area is 273 Å². The maximum atomic E-state index is 14.3. The first-order chi connectivity index (χ1) is 21.7. The number of esters is 1. The van der Waals surface area contributed by atoms with Gasteiger partial charge < -0.3 is 23.7 Å². The van der Waals surface area contributed by atoms with E-state index in [-0.39, 0.29) is 23.8 Å². The number of thiazole rings is 1. The molecule has 0 spiro atoms. The SMILES string of the molecule is CCOC(=O)C1=C(c2ccccc2)N=c2s/c(=C\c3cc(Br)c(OC(C)C)c(OC)c3)c(=O)n2[C@H]1c1ccc(OC)c(OC)c1. The second-order valence-electron chi connectivity index (χ2n) is 10.2. The van der Waals surface area contributed by atoms with Gasteiger partial charge in [-0.25, -0.2) is 9.79 Å². The van der Waals surface area contributed by atoms with Crippen molar-refractivity contribution in [2.45, 2.75) is 32.9 Å². The number of hydrogen-bond donors (Lipinski definition) is 0. The van der Waals surface area contributed by atoms with Gasteiger partial charge in [0.05, 0.1) is 60.4 Å². The Morgan fingerprint density at radius 2 is 1.71 bits per heavy atom. The van der Waals surface area contributed by atoms with Crippen LogP contribution in [-0.4, -0.2) is 44.6 Å². The zero-order chi connectivity index (χ0) is 32.2. The Morgan fingerprint density at radius 1 is 1.00 bits per heavy atom. The summed E-state index contributed by atoms with van der Waals surface area (Å²) in [4.78, 5) is 33.4. The normalized spacial score (nSPS) is 14.6. The topological polar surface area (TPSA) is 97.6 Å². The number of carbonyl (C=O) groups excluding carboxylic acids is 1. The van der Waals surface area contributed by atoms with E-state index in [9.17, 15) is 9.59 Å². The number of carbonyl (C=O) groups is 1. The van der Waals surface area contributed by atoms with Gasteiger partial charge in [-0.15, -0.1) is 0 Å². The first kappa shape index (κ1) is 32.1. The van der Waals surface area contributed by atoms with Gasteiger partial charge in [-0.3, -0.25) is 9.36 Å². The molecule has 1 atom stereocenters. The van der Waals surface area contributed by atoms with Crippen LogP contribution < -0.4 is 33.8 Å². The van der Waals surface area contributed by atoms with Crippen LogP contribution in [0.2, 0.25) is 0 Å². The minimum Gasteiger partial charge on any atom is -0.493 e. The van der Waals surface area contributed by atoms with Gasteiger partial charge in [-0.05, 0) is 78.2 Å². The molecule has 0 fully saturated rings. The number of benzene rings is 3. The molecule has 4 aromatic rings. The summed E-state index contributed by atoms with van der Waals surface area (Å²) >= 11 is 4.82. The van der Waals surface area contributed by atoms with Crippen LogP contribution in [0.4, 0.5) is 0 Å². The third-order valence-corrected chi connectivity index (χ3v) is 8.57. The molecular formula is C34H33BrN2O7S. The van der Waals surface area contributed by atoms with E-state index in [4.69, 9.17) is 28.7 Å². The lowest BCUT2D eigenvalue weighted by Crippen LogP contribution is -2.40. The first-order valence-corrected chi connectivity index (χ1v) is 15.9. The van der Waals surface area contributed by atoms with Crippen LogP contribution in [0.1, 0.15) is 43.5 Å². The van der Waals surface area contributed by atoms with Gasteiger partial charge in [0.1, 0.15) is 0 Å². The smallest absolute Gasteiger partial charge is 0.338 e. The van der Waals surface area contributed by atoms with Crippen molar-refractivity contribution in [3.63, 3.8) is 0 Å². The van der Waals surface area contributed by atoms with E-state index < -0.39 is 12.0 Å². The fourth-order valence-electron chi connectivity index (χ4n) is 5.10. The summed E-state index contributed by atoms with van der Waals surface area (Å²) in [6.45, 7) is 5.76. The van der Waals surface area contributed by atoms with Gasteiger partial charge in [0.2, 0.25) is 0 Å². The molecule has 1 aliphatic rings. The molecule has 1 aliphatic heterocycles. The third-order valence-electron chi connectivity index (χ3n) is 7.00. The molecule has 9 nitrogen and oxygen atoms in total. The minimum atomic E-state index is -0.861. The molecule has 0 N–H and O–H groups in total. The zero-order valence-electron chi connectivity index (χ0n) is 25.8. The van der Waals surface area contributed by atoms with E-state index in [2.05, 4.69) is 15.9 Å². The van der Waals surface area contributed by atoms with Gasteiger partial charge in [-0.1, -0.05) is 47.7 Å². The van der Waals surface area contributed by atoms with Gasteiger partial charge in [0, 0.05) is 5.56 Å². The molecule has 234 valence electrons. The zero-order valence-corrected chi connectivity index (χ0v) is 28.2. The van der Waals surface area contributed by atoms with E-state index >= 15 is 0 Å². The van der Waals surface area contributed by atoms with Crippen LogP contribution in [0.3, 0.4) is 0 Å². The van der Waals surface area contributed by atoms with Crippen molar-refractivity contribution in [3.05, 3.63) is 107 Å². The van der Waals surface area contributed by atoms with E-state index in [1.54, 1.807) is 43.9 Å². The van der Waals surface area contributed by atoms with Crippen LogP contribution in [0.15, 0.2) is 80.5 Å². The maximum absolute atomic E-state index is 14.3. The van der Waals surface area contributed by atoms with Crippen LogP contribution in [0.5, 0.6) is 23.0 Å². The lowest BCUT2D eigenvalue weighted by molar-refractivity contribution is -0.138. The molecule has 2 heterocycles. The molecule has 45 heavy (non-hydrogen) atoms. The lowest BCUT2D eigenvalue weighted by atomic mass is 9.93. The van der Waals surface area contributed by atoms with Crippen molar-refractivity contribution in [1.29, 1.82) is 0 Å². The van der Waals surface area contributed by atoms with Gasteiger partial charge in [0.25, 0.3) is 5.56 Å². The molecule has 0 unspecified atom stereocenters. The van der Waals surface area contributed by atoms with Crippen LogP contribution in [-0.2, 0) is 9.53 Å². The van der Waals surface area contributed by atoms with Crippen molar-refractivity contribution in [3.8, 4) is 23.0 Å². The van der Waals surface area contributed by atoms with Crippen molar-refractivity contribution in [2.24, 2.45) is 4.99 Å². The largest absolute Gasteiger partial charge is 0.493 e. The highest BCUT2D eigenvalue weighted by molar-refractivity contribution is 9.10. The van der Waals surface area contributed by atoms with Gasteiger partial charge >= 0.3 is 5.97 Å². The highest BCUT2D eigenvalue weighted by Crippen LogP contribution is 2.39. The molecule has 0 bridgehead atoms. The predicted molar refractivity (Wildman–Crippen MR) is 177 cm³/mol. The van der Waals surface area contributed by atoms with Crippen LogP contribution in [0.25, 0.3) is 11.8 Å². The number of halogens is 1. The average molecular weight is 694 g/mol. The Hall–Kier alpha value is -4.35. The second kappa shape index (κ2) is 13.7. The van der Waals surface area contributed by atoms with Gasteiger partial charge in [0.15, 0.2) is 27.8 Å². The molecule has 3 aromatic carbocycles. The summed E-state index contributed by atoms with van der Waals surface area (Å²) < 4.78 is 30.8. The summed E-state index contributed by atoms with van der Waals surface area (Å²) in [6.07, 6.45) is 1.71. The Morgan fingerprint density at radius 3 is 2.36 bits per heavy atom. The second-order valence-corrected chi connectivity index (χ2v) is 12.1. The van der Waals surface area contributed by atoms with Crippen LogP contribution >= 0.6 is 27.3 Å². The number of nitrogens with zero attached hydrogens (tertiary/aromatic N) is 2. The van der Waals surface area contributed by atoms with Gasteiger partial charge in [-0.2, -0.15) is 0 Å². The monoisotopic (exact) mass is 692 g/mol. The quantitative estimate of drug-likeness (QED) is 0.202. The molecule has 0 saturated carbocycles.